The van der Waals surface area contributed by atoms with Crippen LogP contribution in [0.3, 0.4) is 0 Å². The number of rotatable bonds is 4. The molecule has 3 aromatic rings. The molecule has 0 unspecified atom stereocenters. The van der Waals surface area contributed by atoms with Gasteiger partial charge in [0.05, 0.1) is 21.0 Å². The lowest BCUT2D eigenvalue weighted by Gasteiger charge is -2.09. The second-order valence-corrected chi connectivity index (χ2v) is 6.18. The van der Waals surface area contributed by atoms with E-state index in [4.69, 9.17) is 0 Å². The van der Waals surface area contributed by atoms with Gasteiger partial charge in [-0.3, -0.25) is 4.79 Å². The van der Waals surface area contributed by atoms with Crippen molar-refractivity contribution in [3.63, 3.8) is 0 Å². The van der Waals surface area contributed by atoms with Crippen molar-refractivity contribution in [1.29, 1.82) is 0 Å². The molecule has 0 aliphatic heterocycles. The molecule has 0 radical (unpaired) electrons. The van der Waals surface area contributed by atoms with Crippen LogP contribution in [0.2, 0.25) is 0 Å². The molecule has 0 fully saturated rings. The molecule has 0 bridgehead atoms. The van der Waals surface area contributed by atoms with Crippen molar-refractivity contribution >= 4 is 34.7 Å². The molecular formula is C18H14IN3O2. The van der Waals surface area contributed by atoms with Crippen molar-refractivity contribution in [2.24, 2.45) is 5.10 Å². The number of para-hydroxylation sites is 1. The number of nitrogens with one attached hydrogen (secondary N) is 1. The van der Waals surface area contributed by atoms with E-state index in [1.54, 1.807) is 24.3 Å². The third kappa shape index (κ3) is 3.65. The lowest BCUT2D eigenvalue weighted by Crippen LogP contribution is -2.19. The summed E-state index contributed by atoms with van der Waals surface area (Å²) in [6, 6.07) is 16.2. The second-order valence-electron chi connectivity index (χ2n) is 5.02. The summed E-state index contributed by atoms with van der Waals surface area (Å²) in [4.78, 5) is 12.4. The van der Waals surface area contributed by atoms with Crippen LogP contribution in [-0.2, 0) is 0 Å². The molecule has 0 saturated carbocycles. The zero-order valence-corrected chi connectivity index (χ0v) is 14.7. The maximum absolute atomic E-state index is 12.4. The molecule has 1 heterocycles. The first kappa shape index (κ1) is 16.3. The first-order chi connectivity index (χ1) is 11.6. The summed E-state index contributed by atoms with van der Waals surface area (Å²) >= 11 is 2.03. The summed E-state index contributed by atoms with van der Waals surface area (Å²) in [7, 11) is 0. The third-order valence-corrected chi connectivity index (χ3v) is 4.25. The van der Waals surface area contributed by atoms with E-state index in [0.29, 0.717) is 5.56 Å². The quantitative estimate of drug-likeness (QED) is 0.377. The summed E-state index contributed by atoms with van der Waals surface area (Å²) in [6.07, 6.45) is 5.30. The number of hydrazone groups is 1. The van der Waals surface area contributed by atoms with Crippen LogP contribution in [-0.4, -0.2) is 21.8 Å². The Hall–Kier alpha value is -2.61. The molecule has 0 atom stereocenters. The zero-order chi connectivity index (χ0) is 16.9. The number of phenols is 1. The number of aromatic nitrogens is 1. The minimum absolute atomic E-state index is 0.220. The monoisotopic (exact) mass is 431 g/mol. The SMILES string of the molecule is O=C(N/N=C\c1ccc(O)c(I)c1)c1ccccc1-n1cccc1. The molecule has 5 nitrogen and oxygen atoms in total. The van der Waals surface area contributed by atoms with E-state index in [1.165, 1.54) is 6.21 Å². The first-order valence-electron chi connectivity index (χ1n) is 7.19. The van der Waals surface area contributed by atoms with E-state index in [9.17, 15) is 9.90 Å². The average Bonchev–Trinajstić information content (AvgIpc) is 3.12. The molecule has 3 rings (SSSR count). The fourth-order valence-corrected chi connectivity index (χ4v) is 2.75. The van der Waals surface area contributed by atoms with Gasteiger partial charge in [0.2, 0.25) is 0 Å². The topological polar surface area (TPSA) is 66.6 Å². The van der Waals surface area contributed by atoms with E-state index < -0.39 is 0 Å². The van der Waals surface area contributed by atoms with Gasteiger partial charge in [-0.1, -0.05) is 12.1 Å². The van der Waals surface area contributed by atoms with Crippen LogP contribution < -0.4 is 5.43 Å². The predicted octanol–water partition coefficient (Wildman–Crippen LogP) is 3.55. The van der Waals surface area contributed by atoms with Crippen LogP contribution in [0, 0.1) is 3.57 Å². The van der Waals surface area contributed by atoms with Crippen molar-refractivity contribution in [3.8, 4) is 11.4 Å². The minimum Gasteiger partial charge on any atom is -0.507 e. The van der Waals surface area contributed by atoms with E-state index in [1.807, 2.05) is 69.9 Å². The van der Waals surface area contributed by atoms with E-state index in [2.05, 4.69) is 10.5 Å². The third-order valence-electron chi connectivity index (χ3n) is 3.38. The number of aromatic hydroxyl groups is 1. The Morgan fingerprint density at radius 2 is 1.88 bits per heavy atom. The number of carbonyl (C=O) groups is 1. The van der Waals surface area contributed by atoms with Crippen LogP contribution in [0.4, 0.5) is 0 Å². The number of phenolic OH excluding ortho intramolecular Hbond substituents is 1. The molecule has 1 aromatic heterocycles. The highest BCUT2D eigenvalue weighted by atomic mass is 127. The van der Waals surface area contributed by atoms with Gasteiger partial charge in [0, 0.05) is 12.4 Å². The Balaban J connectivity index is 1.76. The molecule has 2 aromatic carbocycles. The molecule has 1 amide bonds. The Bertz CT molecular complexity index is 889. The molecule has 24 heavy (non-hydrogen) atoms. The maximum atomic E-state index is 12.4. The van der Waals surface area contributed by atoms with E-state index in [-0.39, 0.29) is 11.7 Å². The summed E-state index contributed by atoms with van der Waals surface area (Å²) < 4.78 is 2.60. The summed E-state index contributed by atoms with van der Waals surface area (Å²) in [6.45, 7) is 0. The highest BCUT2D eigenvalue weighted by Crippen LogP contribution is 2.19. The molecule has 2 N–H and O–H groups in total. The lowest BCUT2D eigenvalue weighted by molar-refractivity contribution is 0.0955. The van der Waals surface area contributed by atoms with Gasteiger partial charge < -0.3 is 9.67 Å². The van der Waals surface area contributed by atoms with Crippen LogP contribution in [0.25, 0.3) is 5.69 Å². The summed E-state index contributed by atoms with van der Waals surface area (Å²) in [5.41, 5.74) is 4.64. The van der Waals surface area contributed by atoms with Gasteiger partial charge in [-0.25, -0.2) is 5.43 Å². The highest BCUT2D eigenvalue weighted by Gasteiger charge is 2.10. The van der Waals surface area contributed by atoms with Gasteiger partial charge >= 0.3 is 0 Å². The number of halogens is 1. The Labute approximate surface area is 152 Å². The summed E-state index contributed by atoms with van der Waals surface area (Å²) in [5.74, 6) is -0.0681. The fraction of sp³-hybridized carbons (Fsp3) is 0. The van der Waals surface area contributed by atoms with E-state index in [0.717, 1.165) is 14.8 Å². The van der Waals surface area contributed by atoms with Crippen LogP contribution in [0.5, 0.6) is 5.75 Å². The summed E-state index contributed by atoms with van der Waals surface area (Å²) in [5, 5.41) is 13.5. The second kappa shape index (κ2) is 7.31. The lowest BCUT2D eigenvalue weighted by atomic mass is 10.1. The molecular weight excluding hydrogens is 417 g/mol. The predicted molar refractivity (Wildman–Crippen MR) is 102 cm³/mol. The number of benzene rings is 2. The molecule has 0 aliphatic carbocycles. The Morgan fingerprint density at radius 3 is 2.62 bits per heavy atom. The highest BCUT2D eigenvalue weighted by molar-refractivity contribution is 14.1. The van der Waals surface area contributed by atoms with Crippen LogP contribution in [0.1, 0.15) is 15.9 Å². The van der Waals surface area contributed by atoms with Gasteiger partial charge in [0.25, 0.3) is 5.91 Å². The van der Waals surface area contributed by atoms with Crippen molar-refractivity contribution in [2.75, 3.05) is 0 Å². The van der Waals surface area contributed by atoms with Gasteiger partial charge in [-0.15, -0.1) is 0 Å². The number of hydrogen-bond acceptors (Lipinski definition) is 3. The largest absolute Gasteiger partial charge is 0.507 e. The van der Waals surface area contributed by atoms with E-state index >= 15 is 0 Å². The van der Waals surface area contributed by atoms with Gasteiger partial charge in [-0.05, 0) is 70.6 Å². The van der Waals surface area contributed by atoms with Crippen molar-refractivity contribution in [2.45, 2.75) is 0 Å². The minimum atomic E-state index is -0.288. The Morgan fingerprint density at radius 1 is 1.12 bits per heavy atom. The maximum Gasteiger partial charge on any atom is 0.273 e. The normalized spacial score (nSPS) is 10.9. The van der Waals surface area contributed by atoms with Gasteiger partial charge in [0.1, 0.15) is 5.75 Å². The number of hydrogen-bond donors (Lipinski definition) is 2. The van der Waals surface area contributed by atoms with Crippen molar-refractivity contribution in [3.05, 3.63) is 81.7 Å². The molecule has 0 saturated heterocycles. The molecule has 0 aliphatic rings. The average molecular weight is 431 g/mol. The van der Waals surface area contributed by atoms with Crippen LogP contribution in [0.15, 0.2) is 72.1 Å². The number of nitrogens with zero attached hydrogens (tertiary/aromatic N) is 2. The number of carbonyl (C=O) groups excluding carboxylic acids is 1. The first-order valence-corrected chi connectivity index (χ1v) is 8.27. The fourth-order valence-electron chi connectivity index (χ4n) is 2.22. The van der Waals surface area contributed by atoms with Crippen molar-refractivity contribution in [1.82, 2.24) is 9.99 Å². The van der Waals surface area contributed by atoms with Crippen LogP contribution >= 0.6 is 22.6 Å². The standard InChI is InChI=1S/C18H14IN3O2/c19-15-11-13(7-8-17(15)23)12-20-21-18(24)14-5-1-2-6-16(14)22-9-3-4-10-22/h1-12,23H,(H,21,24)/b20-12-. The Kier molecular flexibility index (Phi) is 4.95. The van der Waals surface area contributed by atoms with Gasteiger partial charge in [0.15, 0.2) is 0 Å². The molecule has 6 heteroatoms. The molecule has 0 spiro atoms. The number of amides is 1. The smallest absolute Gasteiger partial charge is 0.273 e. The molecule has 120 valence electrons. The van der Waals surface area contributed by atoms with Gasteiger partial charge in [-0.2, -0.15) is 5.10 Å². The van der Waals surface area contributed by atoms with Crippen molar-refractivity contribution < 1.29 is 9.90 Å². The zero-order valence-electron chi connectivity index (χ0n) is 12.6.